The highest BCUT2D eigenvalue weighted by Crippen LogP contribution is 2.43. The van der Waals surface area contributed by atoms with Crippen LogP contribution in [0.5, 0.6) is 0 Å². The van der Waals surface area contributed by atoms with Crippen LogP contribution in [-0.2, 0) is 5.60 Å². The minimum absolute atomic E-state index is 0.404. The number of hydrazone groups is 1. The molecule has 2 aromatic carbocycles. The topological polar surface area (TPSA) is 57.5 Å². The van der Waals surface area contributed by atoms with Gasteiger partial charge in [0.15, 0.2) is 0 Å². The third kappa shape index (κ3) is 3.15. The maximum absolute atomic E-state index is 11.6. The SMILES string of the molecule is OC1(c2ccccc2)C/C(=N/Nc2ccccn2)C=C1c1ccccc1. The molecule has 0 saturated carbocycles. The second kappa shape index (κ2) is 6.94. The standard InChI is InChI=1S/C22H19N3O/c26-22(18-11-5-2-6-12-18)16-19(24-25-21-13-7-8-14-23-21)15-20(22)17-9-3-1-4-10-17/h1-15,26H,16H2,(H,23,25)/b24-19+. The molecule has 0 bridgehead atoms. The molecule has 3 aromatic rings. The van der Waals surface area contributed by atoms with Gasteiger partial charge in [-0.3, -0.25) is 5.43 Å². The molecule has 0 aliphatic heterocycles. The predicted molar refractivity (Wildman–Crippen MR) is 105 cm³/mol. The van der Waals surface area contributed by atoms with Gasteiger partial charge in [-0.25, -0.2) is 4.98 Å². The predicted octanol–water partition coefficient (Wildman–Crippen LogP) is 4.22. The number of anilines is 1. The number of nitrogens with zero attached hydrogens (tertiary/aromatic N) is 2. The van der Waals surface area contributed by atoms with E-state index >= 15 is 0 Å². The van der Waals surface area contributed by atoms with Crippen LogP contribution in [0.3, 0.4) is 0 Å². The Labute approximate surface area is 152 Å². The summed E-state index contributed by atoms with van der Waals surface area (Å²) in [6, 6.07) is 25.3. The molecule has 26 heavy (non-hydrogen) atoms. The second-order valence-corrected chi connectivity index (χ2v) is 6.26. The Balaban J connectivity index is 1.72. The number of benzene rings is 2. The van der Waals surface area contributed by atoms with Crippen molar-refractivity contribution >= 4 is 17.1 Å². The van der Waals surface area contributed by atoms with Gasteiger partial charge in [0.1, 0.15) is 11.4 Å². The molecule has 1 atom stereocenters. The van der Waals surface area contributed by atoms with E-state index in [2.05, 4.69) is 15.5 Å². The van der Waals surface area contributed by atoms with Crippen molar-refractivity contribution < 1.29 is 5.11 Å². The van der Waals surface area contributed by atoms with Gasteiger partial charge < -0.3 is 5.11 Å². The Morgan fingerprint density at radius 3 is 2.27 bits per heavy atom. The summed E-state index contributed by atoms with van der Waals surface area (Å²) in [7, 11) is 0. The molecule has 0 spiro atoms. The summed E-state index contributed by atoms with van der Waals surface area (Å²) in [6.45, 7) is 0. The fourth-order valence-corrected chi connectivity index (χ4v) is 3.24. The highest BCUT2D eigenvalue weighted by atomic mass is 16.3. The van der Waals surface area contributed by atoms with E-state index in [-0.39, 0.29) is 0 Å². The average molecular weight is 341 g/mol. The van der Waals surface area contributed by atoms with Gasteiger partial charge in [-0.2, -0.15) is 5.10 Å². The zero-order valence-corrected chi connectivity index (χ0v) is 14.2. The number of nitrogens with one attached hydrogen (secondary N) is 1. The van der Waals surface area contributed by atoms with Gasteiger partial charge in [0, 0.05) is 12.6 Å². The maximum Gasteiger partial charge on any atom is 0.146 e. The van der Waals surface area contributed by atoms with Crippen LogP contribution in [-0.4, -0.2) is 15.8 Å². The summed E-state index contributed by atoms with van der Waals surface area (Å²) < 4.78 is 0. The number of rotatable bonds is 4. The minimum Gasteiger partial charge on any atom is -0.380 e. The van der Waals surface area contributed by atoms with Crippen LogP contribution >= 0.6 is 0 Å². The normalized spacial score (nSPS) is 20.8. The van der Waals surface area contributed by atoms with E-state index in [0.29, 0.717) is 12.2 Å². The van der Waals surface area contributed by atoms with Crippen LogP contribution in [0.2, 0.25) is 0 Å². The molecule has 0 amide bonds. The molecule has 1 aliphatic rings. The maximum atomic E-state index is 11.6. The summed E-state index contributed by atoms with van der Waals surface area (Å²) in [4.78, 5) is 4.21. The van der Waals surface area contributed by atoms with Crippen molar-refractivity contribution in [2.45, 2.75) is 12.0 Å². The monoisotopic (exact) mass is 341 g/mol. The van der Waals surface area contributed by atoms with Gasteiger partial charge in [-0.15, -0.1) is 0 Å². The zero-order chi connectivity index (χ0) is 17.8. The molecule has 1 aromatic heterocycles. The lowest BCUT2D eigenvalue weighted by atomic mass is 9.84. The number of aliphatic hydroxyl groups is 1. The lowest BCUT2D eigenvalue weighted by molar-refractivity contribution is 0.113. The van der Waals surface area contributed by atoms with E-state index in [1.807, 2.05) is 84.9 Å². The molecule has 2 N–H and O–H groups in total. The zero-order valence-electron chi connectivity index (χ0n) is 14.2. The highest BCUT2D eigenvalue weighted by Gasteiger charge is 2.40. The summed E-state index contributed by atoms with van der Waals surface area (Å²) in [5.74, 6) is 0.671. The lowest BCUT2D eigenvalue weighted by Crippen LogP contribution is -2.25. The number of allylic oxidation sites excluding steroid dienone is 1. The molecule has 1 unspecified atom stereocenters. The first-order valence-corrected chi connectivity index (χ1v) is 8.55. The van der Waals surface area contributed by atoms with E-state index in [0.717, 1.165) is 22.4 Å². The fraction of sp³-hybridized carbons (Fsp3) is 0.0909. The summed E-state index contributed by atoms with van der Waals surface area (Å²) in [5.41, 5.74) is 5.34. The second-order valence-electron chi connectivity index (χ2n) is 6.26. The number of hydrogen-bond acceptors (Lipinski definition) is 4. The third-order valence-corrected chi connectivity index (χ3v) is 4.51. The van der Waals surface area contributed by atoms with Gasteiger partial charge >= 0.3 is 0 Å². The van der Waals surface area contributed by atoms with E-state index in [4.69, 9.17) is 0 Å². The number of aromatic nitrogens is 1. The molecular formula is C22H19N3O. The Kier molecular flexibility index (Phi) is 4.33. The smallest absolute Gasteiger partial charge is 0.146 e. The van der Waals surface area contributed by atoms with Crippen molar-refractivity contribution in [3.8, 4) is 0 Å². The molecule has 1 aliphatic carbocycles. The van der Waals surface area contributed by atoms with Crippen molar-refractivity contribution in [2.24, 2.45) is 5.10 Å². The third-order valence-electron chi connectivity index (χ3n) is 4.51. The van der Waals surface area contributed by atoms with Gasteiger partial charge in [0.2, 0.25) is 0 Å². The Morgan fingerprint density at radius 1 is 0.885 bits per heavy atom. The van der Waals surface area contributed by atoms with Crippen molar-refractivity contribution in [1.29, 1.82) is 0 Å². The molecule has 4 heteroatoms. The largest absolute Gasteiger partial charge is 0.380 e. The minimum atomic E-state index is -1.10. The number of hydrogen-bond donors (Lipinski definition) is 2. The van der Waals surface area contributed by atoms with Gasteiger partial charge in [-0.1, -0.05) is 66.7 Å². The Bertz CT molecular complexity index is 937. The van der Waals surface area contributed by atoms with Gasteiger partial charge in [0.05, 0.1) is 5.71 Å². The van der Waals surface area contributed by atoms with Crippen LogP contribution in [0.15, 0.2) is 96.2 Å². The quantitative estimate of drug-likeness (QED) is 0.699. The Hall–Kier alpha value is -3.24. The lowest BCUT2D eigenvalue weighted by Gasteiger charge is -2.27. The van der Waals surface area contributed by atoms with Crippen LogP contribution < -0.4 is 5.43 Å². The van der Waals surface area contributed by atoms with Crippen LogP contribution in [0, 0.1) is 0 Å². The molecule has 0 saturated heterocycles. The summed E-state index contributed by atoms with van der Waals surface area (Å²) in [6.07, 6.45) is 4.07. The molecule has 4 nitrogen and oxygen atoms in total. The van der Waals surface area contributed by atoms with E-state index < -0.39 is 5.60 Å². The fourth-order valence-electron chi connectivity index (χ4n) is 3.24. The summed E-state index contributed by atoms with van der Waals surface area (Å²) in [5, 5.41) is 16.0. The Morgan fingerprint density at radius 2 is 1.58 bits per heavy atom. The molecule has 1 heterocycles. The first-order chi connectivity index (χ1) is 12.8. The molecule has 4 rings (SSSR count). The van der Waals surface area contributed by atoms with E-state index in [1.165, 1.54) is 0 Å². The molecule has 128 valence electrons. The molecular weight excluding hydrogens is 322 g/mol. The van der Waals surface area contributed by atoms with Crippen LogP contribution in [0.4, 0.5) is 5.82 Å². The van der Waals surface area contributed by atoms with Crippen molar-refractivity contribution in [2.75, 3.05) is 5.43 Å². The van der Waals surface area contributed by atoms with Crippen molar-refractivity contribution in [3.05, 3.63) is 102 Å². The summed E-state index contributed by atoms with van der Waals surface area (Å²) >= 11 is 0. The van der Waals surface area contributed by atoms with Gasteiger partial charge in [0.25, 0.3) is 0 Å². The first kappa shape index (κ1) is 16.2. The molecule has 0 radical (unpaired) electrons. The average Bonchev–Trinajstić information content (AvgIpc) is 3.06. The van der Waals surface area contributed by atoms with E-state index in [9.17, 15) is 5.11 Å². The van der Waals surface area contributed by atoms with Crippen molar-refractivity contribution in [1.82, 2.24) is 4.98 Å². The van der Waals surface area contributed by atoms with Crippen LogP contribution in [0.1, 0.15) is 17.5 Å². The highest BCUT2D eigenvalue weighted by molar-refractivity contribution is 6.08. The first-order valence-electron chi connectivity index (χ1n) is 8.55. The van der Waals surface area contributed by atoms with E-state index in [1.54, 1.807) is 6.20 Å². The van der Waals surface area contributed by atoms with Crippen molar-refractivity contribution in [3.63, 3.8) is 0 Å². The number of pyridine rings is 1. The molecule has 0 fully saturated rings. The van der Waals surface area contributed by atoms with Gasteiger partial charge in [-0.05, 0) is 34.9 Å². The van der Waals surface area contributed by atoms with Crippen LogP contribution in [0.25, 0.3) is 5.57 Å².